The maximum Gasteiger partial charge on any atom is 0.307 e. The lowest BCUT2D eigenvalue weighted by Crippen LogP contribution is -2.35. The zero-order chi connectivity index (χ0) is 10.4. The number of aliphatic carboxylic acids is 1. The fraction of sp³-hybridized carbons (Fsp3) is 0.600. The molecule has 2 atom stereocenters. The number of aromatic nitrogens is 2. The van der Waals surface area contributed by atoms with E-state index in [1.165, 1.54) is 0 Å². The zero-order valence-corrected chi connectivity index (χ0v) is 8.31. The lowest BCUT2D eigenvalue weighted by molar-refractivity contribution is -0.141. The number of carboxylic acids is 1. The smallest absolute Gasteiger partial charge is 0.307 e. The summed E-state index contributed by atoms with van der Waals surface area (Å²) in [7, 11) is 0. The number of nitrogens with one attached hydrogen (secondary N) is 1. The van der Waals surface area contributed by atoms with Crippen LogP contribution in [0.5, 0.6) is 0 Å². The zero-order valence-electron chi connectivity index (χ0n) is 8.31. The summed E-state index contributed by atoms with van der Waals surface area (Å²) in [5.74, 6) is -0.861. The van der Waals surface area contributed by atoms with E-state index in [9.17, 15) is 4.79 Å². The van der Waals surface area contributed by atoms with Crippen molar-refractivity contribution in [1.82, 2.24) is 14.9 Å². The van der Waals surface area contributed by atoms with Gasteiger partial charge in [0, 0.05) is 25.6 Å². The summed E-state index contributed by atoms with van der Waals surface area (Å²) < 4.78 is 0. The largest absolute Gasteiger partial charge is 0.481 e. The van der Waals surface area contributed by atoms with Gasteiger partial charge in [-0.1, -0.05) is 0 Å². The SMILES string of the molecule is O=C(O)C1CC2Cc3nc[nH]c3CN2C1. The first kappa shape index (κ1) is 8.91. The van der Waals surface area contributed by atoms with E-state index in [2.05, 4.69) is 14.9 Å². The molecule has 80 valence electrons. The van der Waals surface area contributed by atoms with Crippen LogP contribution in [0.15, 0.2) is 6.33 Å². The average molecular weight is 207 g/mol. The topological polar surface area (TPSA) is 69.2 Å². The van der Waals surface area contributed by atoms with Crippen molar-refractivity contribution in [3.05, 3.63) is 17.7 Å². The van der Waals surface area contributed by atoms with Crippen molar-refractivity contribution >= 4 is 5.97 Å². The number of H-pyrrole nitrogens is 1. The number of nitrogens with zero attached hydrogens (tertiary/aromatic N) is 2. The maximum atomic E-state index is 10.9. The van der Waals surface area contributed by atoms with Gasteiger partial charge in [-0.05, 0) is 6.42 Å². The molecular formula is C10H13N3O2. The van der Waals surface area contributed by atoms with E-state index in [1.807, 2.05) is 0 Å². The van der Waals surface area contributed by atoms with Crippen LogP contribution < -0.4 is 0 Å². The molecule has 5 nitrogen and oxygen atoms in total. The van der Waals surface area contributed by atoms with E-state index in [-0.39, 0.29) is 5.92 Å². The number of hydrogen-bond donors (Lipinski definition) is 2. The Morgan fingerprint density at radius 1 is 1.67 bits per heavy atom. The minimum atomic E-state index is -0.666. The molecule has 1 fully saturated rings. The predicted octanol–water partition coefficient (Wildman–Crippen LogP) is 0.241. The molecule has 0 spiro atoms. The van der Waals surface area contributed by atoms with Crippen LogP contribution in [-0.4, -0.2) is 38.5 Å². The molecule has 0 saturated carbocycles. The Labute approximate surface area is 87.1 Å². The van der Waals surface area contributed by atoms with Gasteiger partial charge in [-0.2, -0.15) is 0 Å². The number of imidazole rings is 1. The minimum absolute atomic E-state index is 0.195. The summed E-state index contributed by atoms with van der Waals surface area (Å²) in [4.78, 5) is 20.5. The Hall–Kier alpha value is -1.36. The molecule has 15 heavy (non-hydrogen) atoms. The standard InChI is InChI=1S/C10H13N3O2/c14-10(15)6-1-7-2-8-9(12-5-11-8)4-13(7)3-6/h5-7H,1-4H2,(H,11,12)(H,14,15). The molecule has 3 rings (SSSR count). The molecule has 2 aliphatic heterocycles. The second-order valence-electron chi connectivity index (χ2n) is 4.39. The minimum Gasteiger partial charge on any atom is -0.481 e. The van der Waals surface area contributed by atoms with E-state index < -0.39 is 5.97 Å². The highest BCUT2D eigenvalue weighted by Gasteiger charge is 2.39. The van der Waals surface area contributed by atoms with Crippen LogP contribution in [0.1, 0.15) is 17.8 Å². The van der Waals surface area contributed by atoms with Gasteiger partial charge in [0.15, 0.2) is 0 Å². The van der Waals surface area contributed by atoms with Crippen molar-refractivity contribution in [1.29, 1.82) is 0 Å². The predicted molar refractivity (Wildman–Crippen MR) is 52.2 cm³/mol. The van der Waals surface area contributed by atoms with E-state index in [0.717, 1.165) is 30.8 Å². The first-order chi connectivity index (χ1) is 7.24. The van der Waals surface area contributed by atoms with Crippen LogP contribution in [0.3, 0.4) is 0 Å². The van der Waals surface area contributed by atoms with Crippen molar-refractivity contribution in [3.63, 3.8) is 0 Å². The summed E-state index contributed by atoms with van der Waals surface area (Å²) in [5, 5.41) is 8.98. The van der Waals surface area contributed by atoms with Crippen LogP contribution >= 0.6 is 0 Å². The van der Waals surface area contributed by atoms with Crippen molar-refractivity contribution in [2.45, 2.75) is 25.4 Å². The average Bonchev–Trinajstić information content (AvgIpc) is 2.77. The number of aromatic amines is 1. The third-order valence-corrected chi connectivity index (χ3v) is 3.47. The molecular weight excluding hydrogens is 194 g/mol. The Kier molecular flexibility index (Phi) is 1.82. The Balaban J connectivity index is 1.81. The summed E-state index contributed by atoms with van der Waals surface area (Å²) in [6.07, 6.45) is 3.38. The Morgan fingerprint density at radius 3 is 3.33 bits per heavy atom. The van der Waals surface area contributed by atoms with Gasteiger partial charge in [0.1, 0.15) is 0 Å². The first-order valence-electron chi connectivity index (χ1n) is 5.22. The Morgan fingerprint density at radius 2 is 2.53 bits per heavy atom. The second-order valence-corrected chi connectivity index (χ2v) is 4.39. The first-order valence-corrected chi connectivity index (χ1v) is 5.22. The third-order valence-electron chi connectivity index (χ3n) is 3.47. The number of hydrogen-bond acceptors (Lipinski definition) is 3. The summed E-state index contributed by atoms with van der Waals surface area (Å²) in [6, 6.07) is 0.377. The van der Waals surface area contributed by atoms with Gasteiger partial charge < -0.3 is 10.1 Å². The van der Waals surface area contributed by atoms with Crippen LogP contribution in [0, 0.1) is 5.92 Å². The highest BCUT2D eigenvalue weighted by Crippen LogP contribution is 2.31. The van der Waals surface area contributed by atoms with Gasteiger partial charge in [-0.3, -0.25) is 9.69 Å². The van der Waals surface area contributed by atoms with Gasteiger partial charge in [-0.25, -0.2) is 4.98 Å². The molecule has 3 heterocycles. The van der Waals surface area contributed by atoms with Crippen LogP contribution in [0.25, 0.3) is 0 Å². The molecule has 0 amide bonds. The lowest BCUT2D eigenvalue weighted by atomic mass is 10.0. The third kappa shape index (κ3) is 1.34. The molecule has 0 bridgehead atoms. The molecule has 0 radical (unpaired) electrons. The van der Waals surface area contributed by atoms with E-state index in [0.29, 0.717) is 12.6 Å². The van der Waals surface area contributed by atoms with Crippen molar-refractivity contribution in [2.75, 3.05) is 6.54 Å². The monoisotopic (exact) mass is 207 g/mol. The quantitative estimate of drug-likeness (QED) is 0.692. The van der Waals surface area contributed by atoms with Crippen LogP contribution in [-0.2, 0) is 17.8 Å². The van der Waals surface area contributed by atoms with Gasteiger partial charge in [0.25, 0.3) is 0 Å². The molecule has 2 N–H and O–H groups in total. The Bertz CT molecular complexity index is 373. The number of fused-ring (bicyclic) bond motifs is 2. The van der Waals surface area contributed by atoms with Crippen molar-refractivity contribution in [3.8, 4) is 0 Å². The number of rotatable bonds is 1. The summed E-state index contributed by atoms with van der Waals surface area (Å²) >= 11 is 0. The molecule has 0 aliphatic carbocycles. The number of carboxylic acid groups (broad SMARTS) is 1. The maximum absolute atomic E-state index is 10.9. The lowest BCUT2D eigenvalue weighted by Gasteiger charge is -2.28. The van der Waals surface area contributed by atoms with Crippen molar-refractivity contribution < 1.29 is 9.90 Å². The van der Waals surface area contributed by atoms with Crippen molar-refractivity contribution in [2.24, 2.45) is 5.92 Å². The van der Waals surface area contributed by atoms with E-state index in [1.54, 1.807) is 6.33 Å². The molecule has 5 heteroatoms. The summed E-state index contributed by atoms with van der Waals surface area (Å²) in [5.41, 5.74) is 2.26. The van der Waals surface area contributed by atoms with Gasteiger partial charge >= 0.3 is 5.97 Å². The normalized spacial score (nSPS) is 29.9. The molecule has 1 aromatic rings. The number of carbonyl (C=O) groups is 1. The molecule has 2 unspecified atom stereocenters. The molecule has 1 saturated heterocycles. The highest BCUT2D eigenvalue weighted by atomic mass is 16.4. The molecule has 0 aromatic carbocycles. The molecule has 1 aromatic heterocycles. The summed E-state index contributed by atoms with van der Waals surface area (Å²) in [6.45, 7) is 1.50. The van der Waals surface area contributed by atoms with Crippen LogP contribution in [0.2, 0.25) is 0 Å². The van der Waals surface area contributed by atoms with Gasteiger partial charge in [0.05, 0.1) is 23.6 Å². The second kappa shape index (κ2) is 3.06. The fourth-order valence-electron chi connectivity index (χ4n) is 2.66. The fourth-order valence-corrected chi connectivity index (χ4v) is 2.66. The van der Waals surface area contributed by atoms with E-state index in [4.69, 9.17) is 5.11 Å². The van der Waals surface area contributed by atoms with Gasteiger partial charge in [0.2, 0.25) is 0 Å². The molecule has 2 aliphatic rings. The van der Waals surface area contributed by atoms with E-state index >= 15 is 0 Å². The highest BCUT2D eigenvalue weighted by molar-refractivity contribution is 5.70. The van der Waals surface area contributed by atoms with Gasteiger partial charge in [-0.15, -0.1) is 0 Å². The van der Waals surface area contributed by atoms with Crippen LogP contribution in [0.4, 0.5) is 0 Å².